The van der Waals surface area contributed by atoms with E-state index in [0.717, 1.165) is 39.6 Å². The first kappa shape index (κ1) is 24.3. The summed E-state index contributed by atoms with van der Waals surface area (Å²) >= 11 is 1.02. The van der Waals surface area contributed by atoms with Crippen molar-refractivity contribution in [2.24, 2.45) is 0 Å². The first-order valence-electron chi connectivity index (χ1n) is 11.1. The highest BCUT2D eigenvalue weighted by Crippen LogP contribution is 2.28. The molecule has 0 aliphatic carbocycles. The maximum Gasteiger partial charge on any atom is 0.338 e. The number of nitrogens with one attached hydrogen (secondary N) is 1. The van der Waals surface area contributed by atoms with E-state index in [1.165, 1.54) is 7.11 Å². The Labute approximate surface area is 208 Å². The van der Waals surface area contributed by atoms with Crippen molar-refractivity contribution in [3.8, 4) is 11.5 Å². The van der Waals surface area contributed by atoms with Gasteiger partial charge in [0.2, 0.25) is 5.91 Å². The van der Waals surface area contributed by atoms with Gasteiger partial charge < -0.3 is 9.47 Å². The highest BCUT2D eigenvalue weighted by molar-refractivity contribution is 8.15. The molecule has 1 aliphatic rings. The monoisotopic (exact) mass is 487 g/mol. The summed E-state index contributed by atoms with van der Waals surface area (Å²) in [6.45, 7) is 4.04. The highest BCUT2D eigenvalue weighted by Gasteiger charge is 2.31. The van der Waals surface area contributed by atoms with E-state index >= 15 is 0 Å². The molecular formula is C28H25NO5S. The predicted octanol–water partition coefficient (Wildman–Crippen LogP) is 5.70. The van der Waals surface area contributed by atoms with Crippen LogP contribution < -0.4 is 10.1 Å². The van der Waals surface area contributed by atoms with Crippen LogP contribution in [0.3, 0.4) is 0 Å². The molecule has 1 unspecified atom stereocenters. The van der Waals surface area contributed by atoms with Gasteiger partial charge in [0.15, 0.2) is 0 Å². The van der Waals surface area contributed by atoms with Gasteiger partial charge >= 0.3 is 5.97 Å². The van der Waals surface area contributed by atoms with Crippen molar-refractivity contribution in [1.82, 2.24) is 5.32 Å². The molecule has 3 aromatic carbocycles. The van der Waals surface area contributed by atoms with E-state index in [4.69, 9.17) is 9.47 Å². The number of imide groups is 1. The van der Waals surface area contributed by atoms with Crippen LogP contribution in [0.4, 0.5) is 4.79 Å². The summed E-state index contributed by atoms with van der Waals surface area (Å²) in [6.07, 6.45) is 2.30. The molecule has 3 aromatic rings. The lowest BCUT2D eigenvalue weighted by atomic mass is 10.0. The highest BCUT2D eigenvalue weighted by atomic mass is 32.2. The van der Waals surface area contributed by atoms with Crippen molar-refractivity contribution < 1.29 is 23.9 Å². The normalized spacial score (nSPS) is 15.6. The first-order valence-corrected chi connectivity index (χ1v) is 12.0. The summed E-state index contributed by atoms with van der Waals surface area (Å²) in [5, 5.41) is 1.60. The molecule has 0 saturated carbocycles. The number of benzene rings is 3. The second-order valence-corrected chi connectivity index (χ2v) is 9.50. The van der Waals surface area contributed by atoms with Crippen LogP contribution in [0, 0.1) is 13.8 Å². The van der Waals surface area contributed by atoms with Crippen LogP contribution in [0.5, 0.6) is 11.5 Å². The fourth-order valence-electron chi connectivity index (χ4n) is 3.90. The molecule has 178 valence electrons. The fourth-order valence-corrected chi connectivity index (χ4v) is 4.76. The molecule has 4 rings (SSSR count). The van der Waals surface area contributed by atoms with Gasteiger partial charge in [0.1, 0.15) is 11.5 Å². The Hall–Kier alpha value is -3.84. The number of thioether (sulfide) groups is 1. The average molecular weight is 488 g/mol. The van der Waals surface area contributed by atoms with Crippen LogP contribution in [0.2, 0.25) is 0 Å². The Morgan fingerprint density at radius 1 is 0.943 bits per heavy atom. The van der Waals surface area contributed by atoms with Gasteiger partial charge in [-0.15, -0.1) is 0 Å². The standard InChI is InChI=1S/C28H25NO5S/c1-17-12-18(2)14-20(13-17)15-24(27(31)33-3)21-6-10-23(11-7-21)34-22-8-4-19(5-9-22)16-25-26(30)29-28(32)35-25/h4-15,25H,16H2,1-3H3,(H,29,30,32)/b24-15+. The second kappa shape index (κ2) is 10.6. The van der Waals surface area contributed by atoms with Gasteiger partial charge in [0, 0.05) is 0 Å². The van der Waals surface area contributed by atoms with Crippen LogP contribution in [-0.2, 0) is 20.7 Å². The molecule has 6 nitrogen and oxygen atoms in total. The summed E-state index contributed by atoms with van der Waals surface area (Å²) in [5.41, 5.74) is 5.29. The molecule has 0 bridgehead atoms. The number of carbonyl (C=O) groups is 3. The van der Waals surface area contributed by atoms with E-state index in [1.807, 2.05) is 68.5 Å². The molecule has 1 heterocycles. The Morgan fingerprint density at radius 2 is 1.54 bits per heavy atom. The van der Waals surface area contributed by atoms with Crippen molar-refractivity contribution in [2.75, 3.05) is 7.11 Å². The number of hydrogen-bond acceptors (Lipinski definition) is 6. The van der Waals surface area contributed by atoms with Crippen LogP contribution in [-0.4, -0.2) is 29.5 Å². The van der Waals surface area contributed by atoms with Gasteiger partial charge in [-0.3, -0.25) is 14.9 Å². The zero-order valence-corrected chi connectivity index (χ0v) is 20.5. The zero-order chi connectivity index (χ0) is 24.9. The number of hydrogen-bond donors (Lipinski definition) is 1. The quantitative estimate of drug-likeness (QED) is 0.261. The predicted molar refractivity (Wildman–Crippen MR) is 137 cm³/mol. The van der Waals surface area contributed by atoms with E-state index in [1.54, 1.807) is 12.1 Å². The third-order valence-corrected chi connectivity index (χ3v) is 6.45. The number of aryl methyl sites for hydroxylation is 2. The molecule has 35 heavy (non-hydrogen) atoms. The number of amides is 2. The minimum Gasteiger partial charge on any atom is -0.465 e. The lowest BCUT2D eigenvalue weighted by molar-refractivity contribution is -0.133. The van der Waals surface area contributed by atoms with Crippen LogP contribution in [0.1, 0.15) is 27.8 Å². The van der Waals surface area contributed by atoms with E-state index in [9.17, 15) is 14.4 Å². The zero-order valence-electron chi connectivity index (χ0n) is 19.7. The first-order chi connectivity index (χ1) is 16.8. The molecule has 7 heteroatoms. The lowest BCUT2D eigenvalue weighted by Crippen LogP contribution is -2.25. The SMILES string of the molecule is COC(=O)/C(=C/c1cc(C)cc(C)c1)c1ccc(Oc2ccc(CC3SC(=O)NC3=O)cc2)cc1. The number of ether oxygens (including phenoxy) is 2. The van der Waals surface area contributed by atoms with E-state index < -0.39 is 11.2 Å². The summed E-state index contributed by atoms with van der Waals surface area (Å²) in [7, 11) is 1.37. The second-order valence-electron chi connectivity index (χ2n) is 8.33. The van der Waals surface area contributed by atoms with Gasteiger partial charge in [-0.25, -0.2) is 4.79 Å². The molecule has 1 aliphatic heterocycles. The van der Waals surface area contributed by atoms with Gasteiger partial charge in [0.05, 0.1) is 17.9 Å². The Bertz CT molecular complexity index is 1280. The van der Waals surface area contributed by atoms with Gasteiger partial charge in [-0.1, -0.05) is 65.4 Å². The molecule has 2 amide bonds. The maximum absolute atomic E-state index is 12.5. The summed E-state index contributed by atoms with van der Waals surface area (Å²) < 4.78 is 11.0. The van der Waals surface area contributed by atoms with E-state index in [2.05, 4.69) is 11.4 Å². The number of methoxy groups -OCH3 is 1. The third-order valence-electron chi connectivity index (χ3n) is 5.47. The molecule has 0 aromatic heterocycles. The molecule has 1 saturated heterocycles. The minimum absolute atomic E-state index is 0.252. The number of esters is 1. The molecule has 0 radical (unpaired) electrons. The van der Waals surface area contributed by atoms with Crippen molar-refractivity contribution >= 4 is 40.5 Å². The van der Waals surface area contributed by atoms with Crippen molar-refractivity contribution in [2.45, 2.75) is 25.5 Å². The van der Waals surface area contributed by atoms with Gasteiger partial charge in [-0.2, -0.15) is 0 Å². The largest absolute Gasteiger partial charge is 0.465 e. The number of carbonyl (C=O) groups excluding carboxylic acids is 3. The Balaban J connectivity index is 1.47. The molecule has 1 fully saturated rings. The smallest absolute Gasteiger partial charge is 0.338 e. The average Bonchev–Trinajstić information content (AvgIpc) is 3.14. The van der Waals surface area contributed by atoms with Crippen molar-refractivity contribution in [3.63, 3.8) is 0 Å². The minimum atomic E-state index is -0.413. The topological polar surface area (TPSA) is 81.7 Å². The van der Waals surface area contributed by atoms with Crippen LogP contribution in [0.15, 0.2) is 66.7 Å². The van der Waals surface area contributed by atoms with Crippen molar-refractivity contribution in [1.29, 1.82) is 0 Å². The van der Waals surface area contributed by atoms with Crippen LogP contribution >= 0.6 is 11.8 Å². The van der Waals surface area contributed by atoms with Crippen LogP contribution in [0.25, 0.3) is 11.6 Å². The summed E-state index contributed by atoms with van der Waals surface area (Å²) in [4.78, 5) is 35.6. The lowest BCUT2D eigenvalue weighted by Gasteiger charge is -2.10. The molecule has 1 N–H and O–H groups in total. The van der Waals surface area contributed by atoms with E-state index in [0.29, 0.717) is 23.5 Å². The van der Waals surface area contributed by atoms with Gasteiger partial charge in [-0.05, 0) is 67.3 Å². The van der Waals surface area contributed by atoms with E-state index in [-0.39, 0.29) is 11.1 Å². The molecular weight excluding hydrogens is 462 g/mol. The Kier molecular flexibility index (Phi) is 7.36. The maximum atomic E-state index is 12.5. The fraction of sp³-hybridized carbons (Fsp3) is 0.179. The summed E-state index contributed by atoms with van der Waals surface area (Å²) in [6, 6.07) is 20.8. The molecule has 1 atom stereocenters. The summed E-state index contributed by atoms with van der Waals surface area (Å²) in [5.74, 6) is 0.594. The molecule has 0 spiro atoms. The van der Waals surface area contributed by atoms with Gasteiger partial charge in [0.25, 0.3) is 5.24 Å². The third kappa shape index (κ3) is 6.19. The Morgan fingerprint density at radius 3 is 2.09 bits per heavy atom. The van der Waals surface area contributed by atoms with Crippen molar-refractivity contribution in [3.05, 3.63) is 94.5 Å². The number of rotatable bonds is 7.